The molecule has 16 heavy (non-hydrogen) atoms. The standard InChI is InChI=1S/C8H5F7O/c9-5-1-4(7(10,11)12)2-6(3-5)16-8(13,14)15/h1-2,6H,3H2. The quantitative estimate of drug-likeness (QED) is 0.645. The van der Waals surface area contributed by atoms with Crippen LogP contribution in [0.5, 0.6) is 0 Å². The van der Waals surface area contributed by atoms with Gasteiger partial charge in [0.25, 0.3) is 0 Å². The fourth-order valence-corrected chi connectivity index (χ4v) is 1.15. The maximum Gasteiger partial charge on any atom is 0.523 e. The van der Waals surface area contributed by atoms with Gasteiger partial charge in [0.15, 0.2) is 0 Å². The molecule has 0 bridgehead atoms. The SMILES string of the molecule is FC1=CC(C(F)(F)F)=CC(OC(F)(F)F)C1. The topological polar surface area (TPSA) is 9.23 Å². The van der Waals surface area contributed by atoms with Crippen LogP contribution in [-0.4, -0.2) is 18.6 Å². The summed E-state index contributed by atoms with van der Waals surface area (Å²) in [5, 5.41) is 0. The van der Waals surface area contributed by atoms with Crippen LogP contribution in [0.1, 0.15) is 6.42 Å². The van der Waals surface area contributed by atoms with E-state index in [0.29, 0.717) is 0 Å². The van der Waals surface area contributed by atoms with Gasteiger partial charge < -0.3 is 0 Å². The summed E-state index contributed by atoms with van der Waals surface area (Å²) in [6.45, 7) is 0. The molecule has 0 saturated heterocycles. The zero-order chi connectivity index (χ0) is 12.6. The minimum Gasteiger partial charge on any atom is -0.284 e. The van der Waals surface area contributed by atoms with Gasteiger partial charge in [-0.2, -0.15) is 13.2 Å². The van der Waals surface area contributed by atoms with Crippen molar-refractivity contribution in [2.75, 3.05) is 0 Å². The Balaban J connectivity index is 2.86. The summed E-state index contributed by atoms with van der Waals surface area (Å²) in [6.07, 6.45) is -12.5. The number of allylic oxidation sites excluding steroid dienone is 2. The smallest absolute Gasteiger partial charge is 0.284 e. The second kappa shape index (κ2) is 4.08. The molecule has 0 fully saturated rings. The highest BCUT2D eigenvalue weighted by Crippen LogP contribution is 2.34. The van der Waals surface area contributed by atoms with Gasteiger partial charge in [0, 0.05) is 6.42 Å². The van der Waals surface area contributed by atoms with Gasteiger partial charge in [0.2, 0.25) is 0 Å². The van der Waals surface area contributed by atoms with Crippen molar-refractivity contribution in [3.8, 4) is 0 Å². The molecule has 1 aliphatic carbocycles. The maximum atomic E-state index is 12.7. The highest BCUT2D eigenvalue weighted by Gasteiger charge is 2.39. The van der Waals surface area contributed by atoms with Crippen LogP contribution in [0, 0.1) is 0 Å². The molecular weight excluding hydrogens is 245 g/mol. The van der Waals surface area contributed by atoms with Gasteiger partial charge in [-0.05, 0) is 12.2 Å². The summed E-state index contributed by atoms with van der Waals surface area (Å²) in [7, 11) is 0. The lowest BCUT2D eigenvalue weighted by atomic mass is 10.0. The molecule has 0 radical (unpaired) electrons. The molecule has 0 spiro atoms. The first-order valence-electron chi connectivity index (χ1n) is 3.97. The molecule has 0 aromatic heterocycles. The Hall–Kier alpha value is -1.05. The second-order valence-electron chi connectivity index (χ2n) is 3.02. The van der Waals surface area contributed by atoms with E-state index in [1.54, 1.807) is 0 Å². The Bertz CT molecular complexity index is 322. The minimum atomic E-state index is -5.10. The Morgan fingerprint density at radius 3 is 2.12 bits per heavy atom. The molecular formula is C8H5F7O. The van der Waals surface area contributed by atoms with Crippen LogP contribution in [0.3, 0.4) is 0 Å². The van der Waals surface area contributed by atoms with Crippen LogP contribution in [0.4, 0.5) is 30.7 Å². The summed E-state index contributed by atoms with van der Waals surface area (Å²) >= 11 is 0. The predicted octanol–water partition coefficient (Wildman–Crippen LogP) is 3.64. The number of hydrogen-bond acceptors (Lipinski definition) is 1. The van der Waals surface area contributed by atoms with E-state index in [0.717, 1.165) is 0 Å². The van der Waals surface area contributed by atoms with Gasteiger partial charge in [-0.25, -0.2) is 4.39 Å². The van der Waals surface area contributed by atoms with Gasteiger partial charge in [0.05, 0.1) is 11.7 Å². The first kappa shape index (κ1) is 13.0. The lowest BCUT2D eigenvalue weighted by molar-refractivity contribution is -0.336. The van der Waals surface area contributed by atoms with Gasteiger partial charge in [-0.3, -0.25) is 4.74 Å². The van der Waals surface area contributed by atoms with Crippen LogP contribution in [0.2, 0.25) is 0 Å². The molecule has 1 rings (SSSR count). The third-order valence-corrected chi connectivity index (χ3v) is 1.69. The lowest BCUT2D eigenvalue weighted by Gasteiger charge is -2.21. The Morgan fingerprint density at radius 2 is 1.69 bits per heavy atom. The molecule has 0 heterocycles. The van der Waals surface area contributed by atoms with E-state index < -0.39 is 36.5 Å². The fraction of sp³-hybridized carbons (Fsp3) is 0.500. The lowest BCUT2D eigenvalue weighted by Crippen LogP contribution is -2.26. The Kier molecular flexibility index (Phi) is 3.32. The van der Waals surface area contributed by atoms with Crippen molar-refractivity contribution in [3.63, 3.8) is 0 Å². The van der Waals surface area contributed by atoms with Gasteiger partial charge in [-0.15, -0.1) is 13.2 Å². The largest absolute Gasteiger partial charge is 0.523 e. The molecule has 0 aliphatic heterocycles. The summed E-state index contributed by atoms with van der Waals surface area (Å²) in [6, 6.07) is 0. The molecule has 1 nitrogen and oxygen atoms in total. The third kappa shape index (κ3) is 3.84. The average Bonchev–Trinajstić information content (AvgIpc) is 1.97. The van der Waals surface area contributed by atoms with Crippen molar-refractivity contribution in [2.24, 2.45) is 0 Å². The molecule has 8 heteroatoms. The summed E-state index contributed by atoms with van der Waals surface area (Å²) in [4.78, 5) is 0. The van der Waals surface area contributed by atoms with Gasteiger partial charge in [-0.1, -0.05) is 0 Å². The van der Waals surface area contributed by atoms with E-state index in [9.17, 15) is 30.7 Å². The van der Waals surface area contributed by atoms with Crippen molar-refractivity contribution >= 4 is 0 Å². The van der Waals surface area contributed by atoms with Crippen molar-refractivity contribution in [2.45, 2.75) is 25.1 Å². The maximum absolute atomic E-state index is 12.7. The van der Waals surface area contributed by atoms with Crippen molar-refractivity contribution < 1.29 is 35.5 Å². The number of hydrogen-bond donors (Lipinski definition) is 0. The van der Waals surface area contributed by atoms with E-state index in [1.165, 1.54) is 0 Å². The van der Waals surface area contributed by atoms with E-state index >= 15 is 0 Å². The zero-order valence-corrected chi connectivity index (χ0v) is 7.49. The monoisotopic (exact) mass is 250 g/mol. The molecule has 0 saturated carbocycles. The molecule has 0 amide bonds. The van der Waals surface area contributed by atoms with Gasteiger partial charge >= 0.3 is 12.5 Å². The average molecular weight is 250 g/mol. The normalized spacial score (nSPS) is 22.8. The van der Waals surface area contributed by atoms with Crippen LogP contribution in [0.15, 0.2) is 23.6 Å². The van der Waals surface area contributed by atoms with E-state index in [4.69, 9.17) is 0 Å². The predicted molar refractivity (Wildman–Crippen MR) is 38.9 cm³/mol. The van der Waals surface area contributed by atoms with Crippen molar-refractivity contribution in [1.82, 2.24) is 0 Å². The summed E-state index contributed by atoms with van der Waals surface area (Å²) in [5.41, 5.74) is -1.48. The number of halogens is 7. The first-order valence-corrected chi connectivity index (χ1v) is 3.97. The second-order valence-corrected chi connectivity index (χ2v) is 3.02. The molecule has 1 unspecified atom stereocenters. The molecule has 1 atom stereocenters. The first-order chi connectivity index (χ1) is 7.08. The number of alkyl halides is 6. The number of rotatable bonds is 1. The van der Waals surface area contributed by atoms with Crippen LogP contribution in [-0.2, 0) is 4.74 Å². The van der Waals surface area contributed by atoms with E-state index in [1.807, 2.05) is 0 Å². The molecule has 0 aromatic carbocycles. The van der Waals surface area contributed by atoms with Crippen LogP contribution < -0.4 is 0 Å². The molecule has 0 aromatic rings. The van der Waals surface area contributed by atoms with Crippen molar-refractivity contribution in [3.05, 3.63) is 23.6 Å². The highest BCUT2D eigenvalue weighted by atomic mass is 19.4. The minimum absolute atomic E-state index is 0.149. The Labute approximate surface area is 85.2 Å². The molecule has 1 aliphatic rings. The number of ether oxygens (including phenoxy) is 1. The highest BCUT2D eigenvalue weighted by molar-refractivity contribution is 5.31. The fourth-order valence-electron chi connectivity index (χ4n) is 1.15. The van der Waals surface area contributed by atoms with Gasteiger partial charge in [0.1, 0.15) is 5.83 Å². The summed E-state index contributed by atoms with van der Waals surface area (Å²) in [5.74, 6) is -1.30. The summed E-state index contributed by atoms with van der Waals surface area (Å²) < 4.78 is 87.4. The molecule has 0 N–H and O–H groups in total. The Morgan fingerprint density at radius 1 is 1.12 bits per heavy atom. The van der Waals surface area contributed by atoms with E-state index in [-0.39, 0.29) is 12.2 Å². The van der Waals surface area contributed by atoms with Crippen LogP contribution >= 0.6 is 0 Å². The molecule has 92 valence electrons. The van der Waals surface area contributed by atoms with E-state index in [2.05, 4.69) is 4.74 Å². The van der Waals surface area contributed by atoms with Crippen molar-refractivity contribution in [1.29, 1.82) is 0 Å². The zero-order valence-electron chi connectivity index (χ0n) is 7.49. The third-order valence-electron chi connectivity index (χ3n) is 1.69. The van der Waals surface area contributed by atoms with Crippen LogP contribution in [0.25, 0.3) is 0 Å².